The van der Waals surface area contributed by atoms with Crippen molar-refractivity contribution in [2.45, 2.75) is 25.8 Å². The van der Waals surface area contributed by atoms with Gasteiger partial charge in [0.1, 0.15) is 5.82 Å². The molecule has 0 aliphatic carbocycles. The first-order valence-corrected chi connectivity index (χ1v) is 9.42. The van der Waals surface area contributed by atoms with Gasteiger partial charge in [0.15, 0.2) is 5.13 Å². The van der Waals surface area contributed by atoms with Crippen molar-refractivity contribution in [3.8, 4) is 0 Å². The summed E-state index contributed by atoms with van der Waals surface area (Å²) in [4.78, 5) is 30.6. The fraction of sp³-hybridized carbons (Fsp3) is 0.389. The van der Waals surface area contributed by atoms with Crippen molar-refractivity contribution in [3.05, 3.63) is 47.2 Å². The van der Waals surface area contributed by atoms with Gasteiger partial charge in [-0.2, -0.15) is 0 Å². The number of benzene rings is 1. The highest BCUT2D eigenvalue weighted by molar-refractivity contribution is 7.13. The van der Waals surface area contributed by atoms with E-state index in [0.29, 0.717) is 18.2 Å². The number of piperidine rings is 1. The van der Waals surface area contributed by atoms with Gasteiger partial charge in [-0.05, 0) is 37.5 Å². The molecule has 8 heteroatoms. The fourth-order valence-electron chi connectivity index (χ4n) is 2.98. The quantitative estimate of drug-likeness (QED) is 0.859. The van der Waals surface area contributed by atoms with E-state index in [2.05, 4.69) is 15.6 Å². The Kier molecular flexibility index (Phi) is 5.82. The van der Waals surface area contributed by atoms with E-state index in [4.69, 9.17) is 0 Å². The number of rotatable bonds is 4. The minimum Gasteiger partial charge on any atom is -0.331 e. The lowest BCUT2D eigenvalue weighted by atomic mass is 9.97. The first-order chi connectivity index (χ1) is 12.5. The third-order valence-corrected chi connectivity index (χ3v) is 5.14. The van der Waals surface area contributed by atoms with Gasteiger partial charge in [0.05, 0.1) is 12.0 Å². The van der Waals surface area contributed by atoms with Crippen molar-refractivity contribution in [2.75, 3.05) is 18.4 Å². The van der Waals surface area contributed by atoms with Crippen molar-refractivity contribution < 1.29 is 14.0 Å². The number of amides is 3. The highest BCUT2D eigenvalue weighted by Crippen LogP contribution is 2.21. The zero-order chi connectivity index (χ0) is 18.5. The Bertz CT molecular complexity index is 751. The lowest BCUT2D eigenvalue weighted by molar-refractivity contribution is -0.121. The summed E-state index contributed by atoms with van der Waals surface area (Å²) in [6.07, 6.45) is 3.15. The maximum absolute atomic E-state index is 13.0. The van der Waals surface area contributed by atoms with E-state index >= 15 is 0 Å². The van der Waals surface area contributed by atoms with Crippen molar-refractivity contribution in [1.82, 2.24) is 15.2 Å². The van der Waals surface area contributed by atoms with Gasteiger partial charge < -0.3 is 15.5 Å². The molecule has 2 heterocycles. The molecule has 3 amide bonds. The van der Waals surface area contributed by atoms with Crippen molar-refractivity contribution >= 4 is 28.4 Å². The Hall–Kier alpha value is -2.48. The van der Waals surface area contributed by atoms with Crippen LogP contribution in [0.5, 0.6) is 0 Å². The van der Waals surface area contributed by atoms with E-state index in [9.17, 15) is 14.0 Å². The van der Waals surface area contributed by atoms with Crippen molar-refractivity contribution in [3.63, 3.8) is 0 Å². The van der Waals surface area contributed by atoms with Crippen LogP contribution < -0.4 is 10.6 Å². The molecule has 2 N–H and O–H groups in total. The van der Waals surface area contributed by atoms with E-state index in [1.165, 1.54) is 23.5 Å². The Morgan fingerprint density at radius 1 is 1.35 bits per heavy atom. The fourth-order valence-corrected chi connectivity index (χ4v) is 3.51. The molecule has 6 nitrogen and oxygen atoms in total. The summed E-state index contributed by atoms with van der Waals surface area (Å²) in [5.74, 6) is -0.666. The van der Waals surface area contributed by atoms with E-state index in [1.54, 1.807) is 28.6 Å². The van der Waals surface area contributed by atoms with Gasteiger partial charge in [0.25, 0.3) is 0 Å². The molecule has 26 heavy (non-hydrogen) atoms. The van der Waals surface area contributed by atoms with E-state index in [1.807, 2.05) is 6.92 Å². The van der Waals surface area contributed by atoms with Crippen LogP contribution >= 0.6 is 11.3 Å². The summed E-state index contributed by atoms with van der Waals surface area (Å²) in [6, 6.07) is 5.60. The number of nitrogens with zero attached hydrogens (tertiary/aromatic N) is 2. The second kappa shape index (κ2) is 8.27. The number of aromatic nitrogens is 1. The molecule has 0 saturated carbocycles. The number of thiazole rings is 1. The zero-order valence-corrected chi connectivity index (χ0v) is 15.3. The minimum atomic E-state index is -0.308. The van der Waals surface area contributed by atoms with Gasteiger partial charge in [0, 0.05) is 24.7 Å². The average molecular weight is 376 g/mol. The molecule has 1 saturated heterocycles. The third-order valence-electron chi connectivity index (χ3n) is 4.45. The molecule has 0 spiro atoms. The van der Waals surface area contributed by atoms with Gasteiger partial charge in [-0.1, -0.05) is 12.1 Å². The van der Waals surface area contributed by atoms with Crippen molar-refractivity contribution in [1.29, 1.82) is 0 Å². The SMILES string of the molecule is C[C@H](NC(=O)N1CCC[C@H](C(=O)Nc2nccs2)C1)c1ccc(F)cc1. The smallest absolute Gasteiger partial charge is 0.317 e. The molecule has 1 aromatic carbocycles. The highest BCUT2D eigenvalue weighted by atomic mass is 32.1. The summed E-state index contributed by atoms with van der Waals surface area (Å²) in [5, 5.41) is 8.08. The zero-order valence-electron chi connectivity index (χ0n) is 14.4. The van der Waals surface area contributed by atoms with Crippen LogP contribution in [0.1, 0.15) is 31.4 Å². The lowest BCUT2D eigenvalue weighted by Gasteiger charge is -2.32. The highest BCUT2D eigenvalue weighted by Gasteiger charge is 2.29. The summed E-state index contributed by atoms with van der Waals surface area (Å²) in [6.45, 7) is 2.84. The predicted octanol–water partition coefficient (Wildman–Crippen LogP) is 3.40. The molecule has 0 unspecified atom stereocenters. The number of likely N-dealkylation sites (tertiary alicyclic amines) is 1. The maximum Gasteiger partial charge on any atom is 0.317 e. The molecular formula is C18H21FN4O2S. The number of hydrogen-bond donors (Lipinski definition) is 2. The largest absolute Gasteiger partial charge is 0.331 e. The van der Waals surface area contributed by atoms with Crippen LogP contribution in [0.4, 0.5) is 14.3 Å². The van der Waals surface area contributed by atoms with Crippen molar-refractivity contribution in [2.24, 2.45) is 5.92 Å². The van der Waals surface area contributed by atoms with Gasteiger partial charge in [-0.25, -0.2) is 14.2 Å². The summed E-state index contributed by atoms with van der Waals surface area (Å²) in [7, 11) is 0. The lowest BCUT2D eigenvalue weighted by Crippen LogP contribution is -2.48. The van der Waals surface area contributed by atoms with Gasteiger partial charge in [-0.3, -0.25) is 4.79 Å². The molecule has 1 aliphatic heterocycles. The number of hydrogen-bond acceptors (Lipinski definition) is 4. The topological polar surface area (TPSA) is 74.3 Å². The van der Waals surface area contributed by atoms with Crippen LogP contribution in [0, 0.1) is 11.7 Å². The Morgan fingerprint density at radius 3 is 2.81 bits per heavy atom. The number of urea groups is 1. The van der Waals surface area contributed by atoms with Crippen LogP contribution in [0.15, 0.2) is 35.8 Å². The first-order valence-electron chi connectivity index (χ1n) is 8.54. The summed E-state index contributed by atoms with van der Waals surface area (Å²) < 4.78 is 13.0. The number of anilines is 1. The molecule has 0 radical (unpaired) electrons. The standard InChI is InChI=1S/C18H21FN4O2S/c1-12(13-4-6-15(19)7-5-13)21-18(25)23-9-2-3-14(11-23)16(24)22-17-20-8-10-26-17/h4-8,10,12,14H,2-3,9,11H2,1H3,(H,21,25)(H,20,22,24)/t12-,14-/m0/s1. The monoisotopic (exact) mass is 376 g/mol. The van der Waals surface area contributed by atoms with E-state index < -0.39 is 0 Å². The summed E-state index contributed by atoms with van der Waals surface area (Å²) in [5.41, 5.74) is 0.829. The van der Waals surface area contributed by atoms with Crippen LogP contribution in [-0.4, -0.2) is 34.9 Å². The second-order valence-corrected chi connectivity index (χ2v) is 7.23. The summed E-state index contributed by atoms with van der Waals surface area (Å²) >= 11 is 1.37. The molecule has 1 fully saturated rings. The average Bonchev–Trinajstić information content (AvgIpc) is 3.15. The van der Waals surface area contributed by atoms with Crippen LogP contribution in [-0.2, 0) is 4.79 Å². The minimum absolute atomic E-state index is 0.107. The van der Waals surface area contributed by atoms with Gasteiger partial charge >= 0.3 is 6.03 Å². The number of carbonyl (C=O) groups excluding carboxylic acids is 2. The molecule has 1 aliphatic rings. The molecule has 0 bridgehead atoms. The van der Waals surface area contributed by atoms with Gasteiger partial charge in [0.2, 0.25) is 5.91 Å². The Morgan fingerprint density at radius 2 is 2.12 bits per heavy atom. The molecule has 2 atom stereocenters. The van der Waals surface area contributed by atoms with Crippen LogP contribution in [0.3, 0.4) is 0 Å². The normalized spacial score (nSPS) is 18.2. The molecule has 138 valence electrons. The third kappa shape index (κ3) is 4.57. The van der Waals surface area contributed by atoms with E-state index in [-0.39, 0.29) is 29.7 Å². The van der Waals surface area contributed by atoms with E-state index in [0.717, 1.165) is 18.4 Å². The number of carbonyl (C=O) groups is 2. The predicted molar refractivity (Wildman–Crippen MR) is 98.4 cm³/mol. The molecule has 1 aromatic heterocycles. The Balaban J connectivity index is 1.55. The van der Waals surface area contributed by atoms with Crippen LogP contribution in [0.25, 0.3) is 0 Å². The number of halogens is 1. The second-order valence-electron chi connectivity index (χ2n) is 6.33. The molecular weight excluding hydrogens is 355 g/mol. The first kappa shape index (κ1) is 18.3. The van der Waals surface area contributed by atoms with Gasteiger partial charge in [-0.15, -0.1) is 11.3 Å². The molecule has 2 aromatic rings. The maximum atomic E-state index is 13.0. The van der Waals surface area contributed by atoms with Crippen LogP contribution in [0.2, 0.25) is 0 Å². The number of nitrogens with one attached hydrogen (secondary N) is 2. The Labute approximate surface area is 155 Å². The molecule has 3 rings (SSSR count).